The minimum atomic E-state index is -0.397. The van der Waals surface area contributed by atoms with Gasteiger partial charge in [-0.05, 0) is 49.9 Å². The van der Waals surface area contributed by atoms with E-state index in [1.165, 1.54) is 17.1 Å². The number of carbonyl (C=O) groups is 2. The van der Waals surface area contributed by atoms with E-state index in [2.05, 4.69) is 16.1 Å². The molecule has 0 unspecified atom stereocenters. The van der Waals surface area contributed by atoms with Crippen molar-refractivity contribution >= 4 is 22.8 Å². The van der Waals surface area contributed by atoms with Gasteiger partial charge in [0.05, 0.1) is 17.8 Å². The summed E-state index contributed by atoms with van der Waals surface area (Å²) in [4.78, 5) is 43.1. The van der Waals surface area contributed by atoms with E-state index in [1.54, 1.807) is 9.58 Å². The molecular formula is C21H24N6O3. The molecule has 1 saturated heterocycles. The molecule has 0 radical (unpaired) electrons. The molecule has 2 N–H and O–H groups in total. The SMILES string of the molecule is Cc1cc(C)cc(-n2ncc3c(=O)n(CC(=O)N4CCC[C@@H](C(N)=O)C4)cnc32)c1. The van der Waals surface area contributed by atoms with Crippen LogP contribution in [0.15, 0.2) is 35.5 Å². The van der Waals surface area contributed by atoms with E-state index >= 15 is 0 Å². The number of aromatic nitrogens is 4. The van der Waals surface area contributed by atoms with Gasteiger partial charge in [-0.3, -0.25) is 19.0 Å². The third kappa shape index (κ3) is 3.70. The smallest absolute Gasteiger partial charge is 0.264 e. The van der Waals surface area contributed by atoms with Gasteiger partial charge in [-0.2, -0.15) is 5.10 Å². The second-order valence-corrected chi connectivity index (χ2v) is 7.90. The number of rotatable bonds is 4. The molecule has 3 aromatic rings. The van der Waals surface area contributed by atoms with Gasteiger partial charge in [-0.1, -0.05) is 6.07 Å². The van der Waals surface area contributed by atoms with Gasteiger partial charge in [0.1, 0.15) is 18.3 Å². The zero-order chi connectivity index (χ0) is 21.4. The van der Waals surface area contributed by atoms with Crippen molar-refractivity contribution in [1.29, 1.82) is 0 Å². The minimum absolute atomic E-state index is 0.137. The van der Waals surface area contributed by atoms with Crippen LogP contribution in [0.5, 0.6) is 0 Å². The molecule has 0 bridgehead atoms. The molecule has 1 aromatic carbocycles. The maximum Gasteiger partial charge on any atom is 0.264 e. The first-order chi connectivity index (χ1) is 14.3. The number of hydrogen-bond donors (Lipinski definition) is 1. The van der Waals surface area contributed by atoms with Crippen LogP contribution < -0.4 is 11.3 Å². The molecule has 0 aliphatic carbocycles. The number of primary amides is 1. The Morgan fingerprint density at radius 3 is 2.63 bits per heavy atom. The Morgan fingerprint density at radius 1 is 1.20 bits per heavy atom. The Balaban J connectivity index is 1.61. The van der Waals surface area contributed by atoms with E-state index in [-0.39, 0.29) is 23.9 Å². The summed E-state index contributed by atoms with van der Waals surface area (Å²) in [7, 11) is 0. The summed E-state index contributed by atoms with van der Waals surface area (Å²) in [6, 6.07) is 6.01. The van der Waals surface area contributed by atoms with Crippen LogP contribution in [-0.4, -0.2) is 49.1 Å². The Bertz CT molecular complexity index is 1170. The van der Waals surface area contributed by atoms with Crippen molar-refractivity contribution in [2.75, 3.05) is 13.1 Å². The van der Waals surface area contributed by atoms with Crippen LogP contribution in [0.3, 0.4) is 0 Å². The van der Waals surface area contributed by atoms with Crippen molar-refractivity contribution in [3.63, 3.8) is 0 Å². The first-order valence-electron chi connectivity index (χ1n) is 9.92. The van der Waals surface area contributed by atoms with Crippen LogP contribution >= 0.6 is 0 Å². The highest BCUT2D eigenvalue weighted by atomic mass is 16.2. The summed E-state index contributed by atoms with van der Waals surface area (Å²) >= 11 is 0. The fourth-order valence-electron chi connectivity index (χ4n) is 4.00. The van der Waals surface area contributed by atoms with E-state index < -0.39 is 5.91 Å². The Labute approximate surface area is 173 Å². The summed E-state index contributed by atoms with van der Waals surface area (Å²) < 4.78 is 2.91. The van der Waals surface area contributed by atoms with Crippen molar-refractivity contribution in [2.24, 2.45) is 11.7 Å². The number of piperidine rings is 1. The van der Waals surface area contributed by atoms with Crippen LogP contribution in [0.4, 0.5) is 0 Å². The van der Waals surface area contributed by atoms with Crippen LogP contribution in [-0.2, 0) is 16.1 Å². The highest BCUT2D eigenvalue weighted by Gasteiger charge is 2.27. The normalized spacial score (nSPS) is 16.7. The summed E-state index contributed by atoms with van der Waals surface area (Å²) in [6.07, 6.45) is 4.25. The van der Waals surface area contributed by atoms with Gasteiger partial charge >= 0.3 is 0 Å². The largest absolute Gasteiger partial charge is 0.369 e. The van der Waals surface area contributed by atoms with Gasteiger partial charge in [0, 0.05) is 13.1 Å². The van der Waals surface area contributed by atoms with E-state index in [1.807, 2.05) is 26.0 Å². The third-order valence-corrected chi connectivity index (χ3v) is 5.49. The molecule has 0 spiro atoms. The quantitative estimate of drug-likeness (QED) is 0.689. The van der Waals surface area contributed by atoms with Crippen molar-refractivity contribution in [3.8, 4) is 5.69 Å². The average molecular weight is 408 g/mol. The first kappa shape index (κ1) is 19.8. The summed E-state index contributed by atoms with van der Waals surface area (Å²) in [5.74, 6) is -0.964. The minimum Gasteiger partial charge on any atom is -0.369 e. The zero-order valence-corrected chi connectivity index (χ0v) is 17.0. The van der Waals surface area contributed by atoms with Crippen molar-refractivity contribution in [3.05, 3.63) is 52.2 Å². The maximum atomic E-state index is 12.9. The predicted octanol–water partition coefficient (Wildman–Crippen LogP) is 0.923. The van der Waals surface area contributed by atoms with E-state index in [9.17, 15) is 14.4 Å². The van der Waals surface area contributed by atoms with Gasteiger partial charge in [0.2, 0.25) is 11.8 Å². The molecule has 1 fully saturated rings. The van der Waals surface area contributed by atoms with Gasteiger partial charge in [0.15, 0.2) is 5.65 Å². The van der Waals surface area contributed by atoms with Crippen LogP contribution in [0.2, 0.25) is 0 Å². The van der Waals surface area contributed by atoms with Crippen LogP contribution in [0.1, 0.15) is 24.0 Å². The lowest BCUT2D eigenvalue weighted by Crippen LogP contribution is -2.45. The molecule has 0 saturated carbocycles. The van der Waals surface area contributed by atoms with Crippen LogP contribution in [0.25, 0.3) is 16.7 Å². The molecule has 156 valence electrons. The lowest BCUT2D eigenvalue weighted by Gasteiger charge is -2.31. The molecule has 30 heavy (non-hydrogen) atoms. The van der Waals surface area contributed by atoms with E-state index in [0.29, 0.717) is 37.0 Å². The van der Waals surface area contributed by atoms with Crippen molar-refractivity contribution in [1.82, 2.24) is 24.2 Å². The predicted molar refractivity (Wildman–Crippen MR) is 111 cm³/mol. The van der Waals surface area contributed by atoms with Gasteiger partial charge in [0.25, 0.3) is 5.56 Å². The fraction of sp³-hybridized carbons (Fsp3) is 0.381. The highest BCUT2D eigenvalue weighted by Crippen LogP contribution is 2.18. The van der Waals surface area contributed by atoms with E-state index in [0.717, 1.165) is 16.8 Å². The monoisotopic (exact) mass is 408 g/mol. The Kier molecular flexibility index (Phi) is 5.11. The number of aryl methyl sites for hydroxylation is 2. The van der Waals surface area contributed by atoms with Crippen molar-refractivity contribution in [2.45, 2.75) is 33.2 Å². The number of likely N-dealkylation sites (tertiary alicyclic amines) is 1. The third-order valence-electron chi connectivity index (χ3n) is 5.49. The topological polar surface area (TPSA) is 116 Å². The average Bonchev–Trinajstić information content (AvgIpc) is 3.14. The zero-order valence-electron chi connectivity index (χ0n) is 17.0. The molecule has 1 aliphatic heterocycles. The van der Waals surface area contributed by atoms with Gasteiger partial charge in [-0.15, -0.1) is 0 Å². The second-order valence-electron chi connectivity index (χ2n) is 7.90. The van der Waals surface area contributed by atoms with Crippen LogP contribution in [0, 0.1) is 19.8 Å². The van der Waals surface area contributed by atoms with Gasteiger partial charge in [-0.25, -0.2) is 9.67 Å². The molecule has 9 nitrogen and oxygen atoms in total. The number of nitrogens with two attached hydrogens (primary N) is 1. The van der Waals surface area contributed by atoms with E-state index in [4.69, 9.17) is 5.73 Å². The lowest BCUT2D eigenvalue weighted by atomic mass is 9.97. The molecule has 3 heterocycles. The molecule has 1 atom stereocenters. The molecule has 1 aliphatic rings. The standard InChI is InChI=1S/C21H24N6O3/c1-13-6-14(2)8-16(7-13)27-20-17(9-24-27)21(30)26(12-23-20)11-18(28)25-5-3-4-15(10-25)19(22)29/h6-9,12,15H,3-5,10-11H2,1-2H3,(H2,22,29)/t15-/m1/s1. The summed E-state index contributed by atoms with van der Waals surface area (Å²) in [6.45, 7) is 4.71. The summed E-state index contributed by atoms with van der Waals surface area (Å²) in [5.41, 5.74) is 8.51. The molecule has 9 heteroatoms. The first-order valence-corrected chi connectivity index (χ1v) is 9.92. The number of hydrogen-bond acceptors (Lipinski definition) is 5. The van der Waals surface area contributed by atoms with Crippen molar-refractivity contribution < 1.29 is 9.59 Å². The second kappa shape index (κ2) is 7.74. The number of nitrogens with zero attached hydrogens (tertiary/aromatic N) is 5. The Hall–Kier alpha value is -3.49. The molecular weight excluding hydrogens is 384 g/mol. The molecule has 2 amide bonds. The maximum absolute atomic E-state index is 12.9. The lowest BCUT2D eigenvalue weighted by molar-refractivity contribution is -0.135. The Morgan fingerprint density at radius 2 is 1.93 bits per heavy atom. The summed E-state index contributed by atoms with van der Waals surface area (Å²) in [5, 5.41) is 4.69. The number of benzene rings is 1. The highest BCUT2D eigenvalue weighted by molar-refractivity contribution is 5.80. The molecule has 2 aromatic heterocycles. The number of fused-ring (bicyclic) bond motifs is 1. The molecule has 4 rings (SSSR count). The fourth-order valence-corrected chi connectivity index (χ4v) is 4.00. The van der Waals surface area contributed by atoms with Gasteiger partial charge < -0.3 is 10.6 Å². The number of amides is 2. The number of carbonyl (C=O) groups excluding carboxylic acids is 2.